The van der Waals surface area contributed by atoms with Crippen molar-refractivity contribution in [2.24, 2.45) is 12.8 Å². The highest BCUT2D eigenvalue weighted by atomic mass is 35.5. The lowest BCUT2D eigenvalue weighted by Gasteiger charge is -2.12. The first-order chi connectivity index (χ1) is 8.68. The molecule has 0 saturated heterocycles. The molecule has 96 valence electrons. The van der Waals surface area contributed by atoms with Crippen LogP contribution in [0, 0.1) is 0 Å². The minimum atomic E-state index is -0.0475. The average Bonchev–Trinajstić information content (AvgIpc) is 2.70. The summed E-state index contributed by atoms with van der Waals surface area (Å²) in [6, 6.07) is 10.4. The molecule has 1 unspecified atom stereocenters. The fraction of sp³-hybridized carbons (Fsp3) is 0.357. The van der Waals surface area contributed by atoms with E-state index in [0.29, 0.717) is 5.02 Å². The van der Waals surface area contributed by atoms with Crippen LogP contribution in [-0.2, 0) is 13.5 Å². The van der Waals surface area contributed by atoms with Crippen molar-refractivity contribution in [2.45, 2.75) is 25.3 Å². The summed E-state index contributed by atoms with van der Waals surface area (Å²) in [6.07, 6.45) is 4.65. The zero-order valence-corrected chi connectivity index (χ0v) is 11.3. The molecule has 0 fully saturated rings. The van der Waals surface area contributed by atoms with E-state index < -0.39 is 0 Å². The zero-order valence-electron chi connectivity index (χ0n) is 10.5. The molecule has 4 heteroatoms. The summed E-state index contributed by atoms with van der Waals surface area (Å²) in [7, 11) is 1.87. The topological polar surface area (TPSA) is 43.8 Å². The predicted octanol–water partition coefficient (Wildman–Crippen LogP) is 3.10. The molecule has 0 aliphatic heterocycles. The van der Waals surface area contributed by atoms with E-state index in [1.807, 2.05) is 13.1 Å². The quantitative estimate of drug-likeness (QED) is 0.901. The molecule has 0 aliphatic carbocycles. The highest BCUT2D eigenvalue weighted by molar-refractivity contribution is 6.31. The predicted molar refractivity (Wildman–Crippen MR) is 74.5 cm³/mol. The van der Waals surface area contributed by atoms with E-state index in [1.165, 1.54) is 5.56 Å². The lowest BCUT2D eigenvalue weighted by Crippen LogP contribution is -2.15. The third-order valence-corrected chi connectivity index (χ3v) is 3.40. The van der Waals surface area contributed by atoms with Gasteiger partial charge in [0.25, 0.3) is 0 Å². The second-order valence-corrected chi connectivity index (χ2v) is 4.89. The molecule has 0 bridgehead atoms. The van der Waals surface area contributed by atoms with Crippen molar-refractivity contribution >= 4 is 11.6 Å². The lowest BCUT2D eigenvalue weighted by molar-refractivity contribution is 0.560. The molecule has 0 spiro atoms. The van der Waals surface area contributed by atoms with E-state index in [4.69, 9.17) is 17.3 Å². The Kier molecular flexibility index (Phi) is 4.39. The summed E-state index contributed by atoms with van der Waals surface area (Å²) in [5.74, 6) is 0. The SMILES string of the molecule is Cn1ncc(Cl)c1C(N)CCCc1ccccc1. The first-order valence-corrected chi connectivity index (χ1v) is 6.53. The maximum absolute atomic E-state index is 6.16. The number of aryl methyl sites for hydroxylation is 2. The van der Waals surface area contributed by atoms with Crippen molar-refractivity contribution in [3.63, 3.8) is 0 Å². The fourth-order valence-corrected chi connectivity index (χ4v) is 2.45. The van der Waals surface area contributed by atoms with Crippen molar-refractivity contribution in [3.8, 4) is 0 Å². The Morgan fingerprint density at radius 2 is 2.06 bits per heavy atom. The van der Waals surface area contributed by atoms with Crippen LogP contribution >= 0.6 is 11.6 Å². The first-order valence-electron chi connectivity index (χ1n) is 6.15. The van der Waals surface area contributed by atoms with Gasteiger partial charge in [0.15, 0.2) is 0 Å². The van der Waals surface area contributed by atoms with Crippen LogP contribution in [0.4, 0.5) is 0 Å². The van der Waals surface area contributed by atoms with E-state index in [2.05, 4.69) is 29.4 Å². The van der Waals surface area contributed by atoms with Gasteiger partial charge in [-0.2, -0.15) is 5.10 Å². The number of aromatic nitrogens is 2. The van der Waals surface area contributed by atoms with Crippen molar-refractivity contribution in [3.05, 3.63) is 52.8 Å². The third-order valence-electron chi connectivity index (χ3n) is 3.11. The number of rotatable bonds is 5. The minimum absolute atomic E-state index is 0.0475. The van der Waals surface area contributed by atoms with Gasteiger partial charge in [-0.25, -0.2) is 0 Å². The molecule has 3 nitrogen and oxygen atoms in total. The van der Waals surface area contributed by atoms with Crippen LogP contribution in [-0.4, -0.2) is 9.78 Å². The van der Waals surface area contributed by atoms with E-state index in [-0.39, 0.29) is 6.04 Å². The van der Waals surface area contributed by atoms with Gasteiger partial charge in [-0.05, 0) is 24.8 Å². The lowest BCUT2D eigenvalue weighted by atomic mass is 10.0. The van der Waals surface area contributed by atoms with Crippen LogP contribution in [0.2, 0.25) is 5.02 Å². The summed E-state index contributed by atoms with van der Waals surface area (Å²) < 4.78 is 1.76. The van der Waals surface area contributed by atoms with Crippen LogP contribution < -0.4 is 5.73 Å². The number of nitrogens with two attached hydrogens (primary N) is 1. The molecule has 2 aromatic rings. The highest BCUT2D eigenvalue weighted by Gasteiger charge is 2.14. The highest BCUT2D eigenvalue weighted by Crippen LogP contribution is 2.24. The van der Waals surface area contributed by atoms with E-state index in [0.717, 1.165) is 25.0 Å². The van der Waals surface area contributed by atoms with Crippen LogP contribution in [0.5, 0.6) is 0 Å². The van der Waals surface area contributed by atoms with Gasteiger partial charge in [-0.1, -0.05) is 41.9 Å². The normalized spacial score (nSPS) is 12.6. The summed E-state index contributed by atoms with van der Waals surface area (Å²) in [4.78, 5) is 0. The number of benzene rings is 1. The maximum atomic E-state index is 6.16. The maximum Gasteiger partial charge on any atom is 0.0833 e. The molecule has 2 rings (SSSR count). The van der Waals surface area contributed by atoms with Crippen molar-refractivity contribution in [2.75, 3.05) is 0 Å². The van der Waals surface area contributed by atoms with Gasteiger partial charge in [0.2, 0.25) is 0 Å². The molecular formula is C14H18ClN3. The van der Waals surface area contributed by atoms with Crippen LogP contribution in [0.15, 0.2) is 36.5 Å². The van der Waals surface area contributed by atoms with Crippen molar-refractivity contribution in [1.82, 2.24) is 9.78 Å². The fourth-order valence-electron chi connectivity index (χ4n) is 2.14. The summed E-state index contributed by atoms with van der Waals surface area (Å²) in [5.41, 5.74) is 8.43. The van der Waals surface area contributed by atoms with Gasteiger partial charge in [0, 0.05) is 13.1 Å². The monoisotopic (exact) mass is 263 g/mol. The summed E-state index contributed by atoms with van der Waals surface area (Å²) in [5, 5.41) is 4.77. The second-order valence-electron chi connectivity index (χ2n) is 4.49. The van der Waals surface area contributed by atoms with Gasteiger partial charge >= 0.3 is 0 Å². The summed E-state index contributed by atoms with van der Waals surface area (Å²) in [6.45, 7) is 0. The Morgan fingerprint density at radius 1 is 1.33 bits per heavy atom. The second kappa shape index (κ2) is 6.03. The molecule has 0 radical (unpaired) electrons. The number of hydrogen-bond donors (Lipinski definition) is 1. The van der Waals surface area contributed by atoms with E-state index >= 15 is 0 Å². The Bertz CT molecular complexity index is 473. The Hall–Kier alpha value is -1.32. The number of halogens is 1. The van der Waals surface area contributed by atoms with Gasteiger partial charge in [0.05, 0.1) is 16.9 Å². The van der Waals surface area contributed by atoms with Gasteiger partial charge in [-0.3, -0.25) is 4.68 Å². The van der Waals surface area contributed by atoms with Crippen LogP contribution in [0.1, 0.15) is 30.1 Å². The number of nitrogens with zero attached hydrogens (tertiary/aromatic N) is 2. The van der Waals surface area contributed by atoms with Crippen LogP contribution in [0.25, 0.3) is 0 Å². The molecule has 0 amide bonds. The smallest absolute Gasteiger partial charge is 0.0833 e. The largest absolute Gasteiger partial charge is 0.323 e. The van der Waals surface area contributed by atoms with Gasteiger partial charge in [0.1, 0.15) is 0 Å². The Morgan fingerprint density at radius 3 is 2.67 bits per heavy atom. The van der Waals surface area contributed by atoms with Gasteiger partial charge in [-0.15, -0.1) is 0 Å². The van der Waals surface area contributed by atoms with Gasteiger partial charge < -0.3 is 5.73 Å². The Balaban J connectivity index is 1.88. The van der Waals surface area contributed by atoms with E-state index in [9.17, 15) is 0 Å². The molecule has 1 heterocycles. The summed E-state index contributed by atoms with van der Waals surface area (Å²) >= 11 is 6.07. The van der Waals surface area contributed by atoms with Crippen molar-refractivity contribution < 1.29 is 0 Å². The van der Waals surface area contributed by atoms with Crippen LogP contribution in [0.3, 0.4) is 0 Å². The minimum Gasteiger partial charge on any atom is -0.323 e. The molecule has 1 aromatic carbocycles. The molecule has 1 aromatic heterocycles. The molecule has 2 N–H and O–H groups in total. The Labute approximate surface area is 113 Å². The third kappa shape index (κ3) is 3.12. The van der Waals surface area contributed by atoms with E-state index in [1.54, 1.807) is 10.9 Å². The standard InChI is InChI=1S/C14H18ClN3/c1-18-14(12(15)10-17-18)13(16)9-5-8-11-6-3-2-4-7-11/h2-4,6-7,10,13H,5,8-9,16H2,1H3. The molecule has 0 saturated carbocycles. The molecule has 0 aliphatic rings. The number of hydrogen-bond acceptors (Lipinski definition) is 2. The first kappa shape index (κ1) is 13.1. The zero-order chi connectivity index (χ0) is 13.0. The molecular weight excluding hydrogens is 246 g/mol. The molecule has 18 heavy (non-hydrogen) atoms. The molecule has 1 atom stereocenters. The average molecular weight is 264 g/mol. The van der Waals surface area contributed by atoms with Crippen molar-refractivity contribution in [1.29, 1.82) is 0 Å².